The Morgan fingerprint density at radius 2 is 1.91 bits per heavy atom. The van der Waals surface area contributed by atoms with Gasteiger partial charge in [-0.15, -0.1) is 10.2 Å². The highest BCUT2D eigenvalue weighted by Gasteiger charge is 2.32. The summed E-state index contributed by atoms with van der Waals surface area (Å²) in [7, 11) is -4.35. The number of sulfonamides is 1. The van der Waals surface area contributed by atoms with Crippen LogP contribution in [0, 0.1) is 12.7 Å². The molecule has 4 rings (SSSR count). The van der Waals surface area contributed by atoms with Crippen LogP contribution in [0.4, 0.5) is 13.2 Å². The van der Waals surface area contributed by atoms with Gasteiger partial charge in [0.15, 0.2) is 11.6 Å². The molecular formula is C22H23F3N4O3S. The van der Waals surface area contributed by atoms with E-state index in [1.807, 2.05) is 11.5 Å². The van der Waals surface area contributed by atoms with Gasteiger partial charge in [-0.25, -0.2) is 17.5 Å². The lowest BCUT2D eigenvalue weighted by molar-refractivity contribution is -0.0541. The Bertz CT molecular complexity index is 1220. The van der Waals surface area contributed by atoms with Gasteiger partial charge in [-0.05, 0) is 50.3 Å². The maximum absolute atomic E-state index is 15.2. The van der Waals surface area contributed by atoms with E-state index in [0.717, 1.165) is 24.7 Å². The minimum atomic E-state index is -4.35. The summed E-state index contributed by atoms with van der Waals surface area (Å²) in [4.78, 5) is -0.664. The van der Waals surface area contributed by atoms with Crippen molar-refractivity contribution in [3.05, 3.63) is 60.4 Å². The second-order valence-electron chi connectivity index (χ2n) is 7.92. The van der Waals surface area contributed by atoms with Gasteiger partial charge in [0, 0.05) is 17.6 Å². The predicted octanol–water partition coefficient (Wildman–Crippen LogP) is 4.46. The fourth-order valence-corrected chi connectivity index (χ4v) is 5.66. The smallest absolute Gasteiger partial charge is 0.387 e. The lowest BCUT2D eigenvalue weighted by atomic mass is 9.91. The molecule has 0 radical (unpaired) electrons. The van der Waals surface area contributed by atoms with Crippen molar-refractivity contribution < 1.29 is 26.3 Å². The molecule has 11 heteroatoms. The largest absolute Gasteiger partial charge is 0.430 e. The zero-order chi connectivity index (χ0) is 23.6. The van der Waals surface area contributed by atoms with E-state index >= 15 is 4.39 Å². The molecule has 33 heavy (non-hydrogen) atoms. The van der Waals surface area contributed by atoms with Gasteiger partial charge in [-0.2, -0.15) is 8.78 Å². The first-order chi connectivity index (χ1) is 15.8. The Morgan fingerprint density at radius 1 is 1.15 bits per heavy atom. The van der Waals surface area contributed by atoms with Crippen LogP contribution < -0.4 is 9.46 Å². The Labute approximate surface area is 189 Å². The molecular weight excluding hydrogens is 457 g/mol. The molecule has 3 aromatic rings. The van der Waals surface area contributed by atoms with E-state index in [1.165, 1.54) is 6.07 Å². The number of nitrogens with one attached hydrogen (secondary N) is 1. The number of halogens is 3. The van der Waals surface area contributed by atoms with E-state index in [2.05, 4.69) is 19.7 Å². The molecule has 1 heterocycles. The van der Waals surface area contributed by atoms with Crippen molar-refractivity contribution >= 4 is 10.0 Å². The average molecular weight is 481 g/mol. The molecule has 1 aliphatic rings. The highest BCUT2D eigenvalue weighted by Crippen LogP contribution is 2.37. The standard InChI is InChI=1S/C22H23F3N4O3S/c1-14-27-26-13-29(14)17-9-5-8-16(12-17)28-33(30,31)19-11-10-18(15-6-3-2-4-7-15)20(23)21(19)32-22(24)25/h2-4,6-7,10-11,13,16-17,22,28H,5,8-9,12H2,1H3/t16-,17+/m0/s1. The molecule has 0 amide bonds. The Kier molecular flexibility index (Phi) is 6.71. The molecule has 1 saturated carbocycles. The molecule has 1 aromatic heterocycles. The van der Waals surface area contributed by atoms with Crippen molar-refractivity contribution in [1.29, 1.82) is 0 Å². The minimum absolute atomic E-state index is 0.00423. The van der Waals surface area contributed by atoms with Gasteiger partial charge in [0.05, 0.1) is 0 Å². The van der Waals surface area contributed by atoms with E-state index in [9.17, 15) is 17.2 Å². The van der Waals surface area contributed by atoms with Gasteiger partial charge in [-0.3, -0.25) is 0 Å². The van der Waals surface area contributed by atoms with Crippen molar-refractivity contribution in [2.75, 3.05) is 0 Å². The molecule has 0 saturated heterocycles. The summed E-state index contributed by atoms with van der Waals surface area (Å²) in [6.45, 7) is -1.58. The van der Waals surface area contributed by atoms with Crippen molar-refractivity contribution in [2.24, 2.45) is 0 Å². The average Bonchev–Trinajstić information content (AvgIpc) is 3.21. The van der Waals surface area contributed by atoms with E-state index in [-0.39, 0.29) is 11.6 Å². The van der Waals surface area contributed by atoms with Gasteiger partial charge >= 0.3 is 6.61 Å². The van der Waals surface area contributed by atoms with E-state index < -0.39 is 39.1 Å². The first kappa shape index (κ1) is 23.2. The molecule has 0 bridgehead atoms. The third-order valence-electron chi connectivity index (χ3n) is 5.76. The van der Waals surface area contributed by atoms with Gasteiger partial charge < -0.3 is 9.30 Å². The van der Waals surface area contributed by atoms with Crippen molar-refractivity contribution in [3.8, 4) is 16.9 Å². The number of hydrogen-bond donors (Lipinski definition) is 1. The number of benzene rings is 2. The highest BCUT2D eigenvalue weighted by molar-refractivity contribution is 7.89. The van der Waals surface area contributed by atoms with E-state index in [1.54, 1.807) is 36.7 Å². The normalized spacial score (nSPS) is 19.1. The SMILES string of the molecule is Cc1nncn1[C@@H]1CCC[C@H](NS(=O)(=O)c2ccc(-c3ccccc3)c(F)c2OC(F)F)C1. The van der Waals surface area contributed by atoms with Crippen LogP contribution in [0.5, 0.6) is 5.75 Å². The Hall–Kier alpha value is -2.92. The summed E-state index contributed by atoms with van der Waals surface area (Å²) < 4.78 is 76.4. The van der Waals surface area contributed by atoms with E-state index in [4.69, 9.17) is 0 Å². The summed E-state index contributed by atoms with van der Waals surface area (Å²) in [5.41, 5.74) is 0.372. The molecule has 1 N–H and O–H groups in total. The highest BCUT2D eigenvalue weighted by atomic mass is 32.2. The van der Waals surface area contributed by atoms with Crippen LogP contribution in [-0.4, -0.2) is 35.8 Å². The van der Waals surface area contributed by atoms with Crippen LogP contribution in [0.15, 0.2) is 53.7 Å². The number of nitrogens with zero attached hydrogens (tertiary/aromatic N) is 3. The zero-order valence-electron chi connectivity index (χ0n) is 17.8. The molecule has 0 spiro atoms. The Morgan fingerprint density at radius 3 is 2.58 bits per heavy atom. The van der Waals surface area contributed by atoms with Gasteiger partial charge in [0.1, 0.15) is 17.0 Å². The number of alkyl halides is 2. The number of aromatic nitrogens is 3. The third-order valence-corrected chi connectivity index (χ3v) is 7.30. The summed E-state index contributed by atoms with van der Waals surface area (Å²) in [5, 5.41) is 7.84. The molecule has 0 unspecified atom stereocenters. The lowest BCUT2D eigenvalue weighted by Crippen LogP contribution is -2.39. The third kappa shape index (κ3) is 5.03. The molecule has 2 atom stereocenters. The van der Waals surface area contributed by atoms with Crippen LogP contribution in [0.2, 0.25) is 0 Å². The zero-order valence-corrected chi connectivity index (χ0v) is 18.6. The maximum Gasteiger partial charge on any atom is 0.387 e. The van der Waals surface area contributed by atoms with Crippen LogP contribution in [-0.2, 0) is 10.0 Å². The summed E-state index contributed by atoms with van der Waals surface area (Å²) >= 11 is 0. The summed E-state index contributed by atoms with van der Waals surface area (Å²) in [6.07, 6.45) is 4.21. The quantitative estimate of drug-likeness (QED) is 0.540. The van der Waals surface area contributed by atoms with Gasteiger partial charge in [0.25, 0.3) is 0 Å². The fraction of sp³-hybridized carbons (Fsp3) is 0.364. The van der Waals surface area contributed by atoms with Gasteiger partial charge in [0.2, 0.25) is 10.0 Å². The van der Waals surface area contributed by atoms with Crippen molar-refractivity contribution in [1.82, 2.24) is 19.5 Å². The van der Waals surface area contributed by atoms with Crippen LogP contribution >= 0.6 is 0 Å². The summed E-state index contributed by atoms with van der Waals surface area (Å²) in [5.74, 6) is -1.44. The molecule has 7 nitrogen and oxygen atoms in total. The molecule has 1 aliphatic carbocycles. The molecule has 1 fully saturated rings. The van der Waals surface area contributed by atoms with Crippen LogP contribution in [0.3, 0.4) is 0 Å². The minimum Gasteiger partial charge on any atom is -0.430 e. The lowest BCUT2D eigenvalue weighted by Gasteiger charge is -2.30. The number of ether oxygens (including phenoxy) is 1. The van der Waals surface area contributed by atoms with Crippen molar-refractivity contribution in [2.45, 2.75) is 56.2 Å². The van der Waals surface area contributed by atoms with Crippen molar-refractivity contribution in [3.63, 3.8) is 0 Å². The fourth-order valence-electron chi connectivity index (χ4n) is 4.25. The molecule has 0 aliphatic heterocycles. The second kappa shape index (κ2) is 9.52. The monoisotopic (exact) mass is 480 g/mol. The predicted molar refractivity (Wildman–Crippen MR) is 115 cm³/mol. The van der Waals surface area contributed by atoms with E-state index in [0.29, 0.717) is 18.4 Å². The first-order valence-electron chi connectivity index (χ1n) is 10.5. The van der Waals surface area contributed by atoms with Gasteiger partial charge in [-0.1, -0.05) is 30.3 Å². The molecule has 176 valence electrons. The van der Waals surface area contributed by atoms with Crippen LogP contribution in [0.25, 0.3) is 11.1 Å². The number of rotatable bonds is 7. The van der Waals surface area contributed by atoms with Crippen LogP contribution in [0.1, 0.15) is 37.5 Å². The first-order valence-corrected chi connectivity index (χ1v) is 12.0. The second-order valence-corrected chi connectivity index (χ2v) is 9.61. The topological polar surface area (TPSA) is 86.1 Å². The number of hydrogen-bond acceptors (Lipinski definition) is 5. The Balaban J connectivity index is 1.64. The maximum atomic E-state index is 15.2. The summed E-state index contributed by atoms with van der Waals surface area (Å²) in [6, 6.07) is 10.1. The number of aryl methyl sites for hydroxylation is 1. The molecule has 2 aromatic carbocycles.